The van der Waals surface area contributed by atoms with Crippen molar-refractivity contribution in [2.45, 2.75) is 6.42 Å². The first-order valence-corrected chi connectivity index (χ1v) is 11.0. The van der Waals surface area contributed by atoms with Crippen LogP contribution in [0, 0.1) is 11.3 Å². The quantitative estimate of drug-likeness (QED) is 0.380. The fourth-order valence-corrected chi connectivity index (χ4v) is 4.50. The molecule has 0 amide bonds. The van der Waals surface area contributed by atoms with Crippen LogP contribution in [0.5, 0.6) is 0 Å². The summed E-state index contributed by atoms with van der Waals surface area (Å²) in [5.41, 5.74) is 6.86. The number of rotatable bonds is 3. The monoisotopic (exact) mass is 441 g/mol. The van der Waals surface area contributed by atoms with Crippen LogP contribution in [0.2, 0.25) is 0 Å². The molecule has 0 aliphatic rings. The van der Waals surface area contributed by atoms with E-state index in [0.29, 0.717) is 6.42 Å². The molecule has 6 aromatic rings. The van der Waals surface area contributed by atoms with Crippen molar-refractivity contribution in [3.05, 3.63) is 101 Å². The van der Waals surface area contributed by atoms with Gasteiger partial charge in [0.25, 0.3) is 0 Å². The molecular formula is C28H19N5O. The van der Waals surface area contributed by atoms with Crippen LogP contribution in [-0.2, 0) is 13.5 Å². The molecule has 0 saturated carbocycles. The lowest BCUT2D eigenvalue weighted by Crippen LogP contribution is -2.20. The lowest BCUT2D eigenvalue weighted by molar-refractivity contribution is 0.845. The average Bonchev–Trinajstić information content (AvgIpc) is 3.14. The van der Waals surface area contributed by atoms with Gasteiger partial charge in [-0.05, 0) is 47.5 Å². The molecule has 6 heteroatoms. The van der Waals surface area contributed by atoms with Gasteiger partial charge in [-0.2, -0.15) is 5.26 Å². The predicted octanol–water partition coefficient (Wildman–Crippen LogP) is 5.16. The highest BCUT2D eigenvalue weighted by Crippen LogP contribution is 2.30. The van der Waals surface area contributed by atoms with Crippen LogP contribution < -0.4 is 5.69 Å². The molecule has 34 heavy (non-hydrogen) atoms. The van der Waals surface area contributed by atoms with E-state index in [0.717, 1.165) is 55.2 Å². The number of aryl methyl sites for hydroxylation is 1. The minimum Gasteiger partial charge on any atom is -0.293 e. The van der Waals surface area contributed by atoms with Gasteiger partial charge in [0.1, 0.15) is 0 Å². The first-order valence-electron chi connectivity index (χ1n) is 11.0. The molecule has 162 valence electrons. The number of para-hydroxylation sites is 1. The molecule has 0 spiro atoms. The largest absolute Gasteiger partial charge is 0.333 e. The molecule has 6 rings (SSSR count). The molecule has 0 saturated heterocycles. The van der Waals surface area contributed by atoms with Crippen LogP contribution in [0.1, 0.15) is 5.56 Å². The Morgan fingerprint density at radius 1 is 0.882 bits per heavy atom. The summed E-state index contributed by atoms with van der Waals surface area (Å²) >= 11 is 0. The van der Waals surface area contributed by atoms with Crippen molar-refractivity contribution in [2.24, 2.45) is 7.05 Å². The summed E-state index contributed by atoms with van der Waals surface area (Å²) in [7, 11) is 1.76. The maximum atomic E-state index is 13.3. The van der Waals surface area contributed by atoms with E-state index >= 15 is 0 Å². The van der Waals surface area contributed by atoms with E-state index in [1.54, 1.807) is 22.4 Å². The minimum atomic E-state index is -0.143. The van der Waals surface area contributed by atoms with Gasteiger partial charge in [-0.3, -0.25) is 19.1 Å². The topological polar surface area (TPSA) is 76.5 Å². The van der Waals surface area contributed by atoms with Crippen LogP contribution >= 0.6 is 0 Å². The Kier molecular flexibility index (Phi) is 4.49. The molecule has 6 nitrogen and oxygen atoms in total. The van der Waals surface area contributed by atoms with Crippen LogP contribution in [0.25, 0.3) is 49.7 Å². The molecule has 0 aliphatic heterocycles. The highest BCUT2D eigenvalue weighted by atomic mass is 16.1. The van der Waals surface area contributed by atoms with E-state index in [1.165, 1.54) is 0 Å². The molecule has 0 radical (unpaired) electrons. The fraction of sp³-hybridized carbons (Fsp3) is 0.0714. The van der Waals surface area contributed by atoms with Crippen molar-refractivity contribution in [2.75, 3.05) is 0 Å². The zero-order valence-corrected chi connectivity index (χ0v) is 18.4. The van der Waals surface area contributed by atoms with Gasteiger partial charge in [-0.15, -0.1) is 0 Å². The normalized spacial score (nSPS) is 11.3. The van der Waals surface area contributed by atoms with Gasteiger partial charge < -0.3 is 0 Å². The number of fused-ring (bicyclic) bond motifs is 4. The van der Waals surface area contributed by atoms with Crippen molar-refractivity contribution in [1.82, 2.24) is 19.1 Å². The molecule has 3 aromatic heterocycles. The first kappa shape index (κ1) is 19.9. The summed E-state index contributed by atoms with van der Waals surface area (Å²) < 4.78 is 3.34. The zero-order valence-electron chi connectivity index (χ0n) is 18.4. The number of nitriles is 1. The molecule has 0 unspecified atom stereocenters. The van der Waals surface area contributed by atoms with E-state index in [9.17, 15) is 4.79 Å². The fourth-order valence-electron chi connectivity index (χ4n) is 4.50. The standard InChI is InChI=1S/C28H19N5O/c1-32-26-17-31-25-11-8-19(21-14-20-4-2-3-5-24(20)30-16-21)15-23(25)27(26)33(28(32)34)22-9-6-18(7-10-22)12-13-29/h2-11,14-17H,12H2,1H3. The molecule has 0 aliphatic carbocycles. The molecule has 3 aromatic carbocycles. The van der Waals surface area contributed by atoms with Crippen molar-refractivity contribution in [3.63, 3.8) is 0 Å². The second-order valence-electron chi connectivity index (χ2n) is 8.32. The SMILES string of the molecule is Cn1c(=O)n(-c2ccc(CC#N)cc2)c2c3cc(-c4cnc5ccccc5c4)ccc3ncc21. The van der Waals surface area contributed by atoms with Crippen LogP contribution in [0.15, 0.2) is 90.0 Å². The summed E-state index contributed by atoms with van der Waals surface area (Å²) in [5, 5.41) is 10.9. The summed E-state index contributed by atoms with van der Waals surface area (Å²) in [5.74, 6) is 0. The van der Waals surface area contributed by atoms with Crippen molar-refractivity contribution < 1.29 is 0 Å². The van der Waals surface area contributed by atoms with E-state index in [4.69, 9.17) is 5.26 Å². The van der Waals surface area contributed by atoms with Gasteiger partial charge in [0.15, 0.2) is 0 Å². The maximum Gasteiger partial charge on any atom is 0.333 e. The van der Waals surface area contributed by atoms with Gasteiger partial charge in [0, 0.05) is 29.6 Å². The van der Waals surface area contributed by atoms with Crippen molar-refractivity contribution >= 4 is 32.8 Å². The number of benzene rings is 3. The van der Waals surface area contributed by atoms with E-state index in [-0.39, 0.29) is 5.69 Å². The number of hydrogen-bond donors (Lipinski definition) is 0. The molecule has 0 N–H and O–H groups in total. The third-order valence-corrected chi connectivity index (χ3v) is 6.28. The number of nitrogens with zero attached hydrogens (tertiary/aromatic N) is 5. The minimum absolute atomic E-state index is 0.143. The van der Waals surface area contributed by atoms with Gasteiger partial charge >= 0.3 is 5.69 Å². The highest BCUT2D eigenvalue weighted by Gasteiger charge is 2.17. The number of hydrogen-bond acceptors (Lipinski definition) is 4. The molecule has 0 atom stereocenters. The van der Waals surface area contributed by atoms with Crippen LogP contribution in [-0.4, -0.2) is 19.1 Å². The molecular weight excluding hydrogens is 422 g/mol. The van der Waals surface area contributed by atoms with E-state index in [2.05, 4.69) is 34.2 Å². The average molecular weight is 441 g/mol. The summed E-state index contributed by atoms with van der Waals surface area (Å²) in [6.07, 6.45) is 3.96. The second kappa shape index (κ2) is 7.68. The zero-order chi connectivity index (χ0) is 23.2. The summed E-state index contributed by atoms with van der Waals surface area (Å²) in [6, 6.07) is 26.0. The van der Waals surface area contributed by atoms with Gasteiger partial charge in [0.2, 0.25) is 0 Å². The Morgan fingerprint density at radius 3 is 2.50 bits per heavy atom. The Bertz CT molecular complexity index is 1820. The Balaban J connectivity index is 1.61. The second-order valence-corrected chi connectivity index (χ2v) is 8.32. The highest BCUT2D eigenvalue weighted by molar-refractivity contribution is 6.04. The maximum absolute atomic E-state index is 13.3. The Labute approximate surface area is 195 Å². The Hall–Kier alpha value is -4.76. The van der Waals surface area contributed by atoms with Crippen molar-refractivity contribution in [3.8, 4) is 22.9 Å². The number of aromatic nitrogens is 4. The lowest BCUT2D eigenvalue weighted by atomic mass is 10.0. The summed E-state index contributed by atoms with van der Waals surface area (Å²) in [4.78, 5) is 22.5. The van der Waals surface area contributed by atoms with Crippen molar-refractivity contribution in [1.29, 1.82) is 5.26 Å². The van der Waals surface area contributed by atoms with Crippen LogP contribution in [0.4, 0.5) is 0 Å². The first-order chi connectivity index (χ1) is 16.6. The van der Waals surface area contributed by atoms with Gasteiger partial charge in [-0.25, -0.2) is 4.79 Å². The molecule has 0 fully saturated rings. The Morgan fingerprint density at radius 2 is 1.68 bits per heavy atom. The number of imidazole rings is 1. The molecule has 3 heterocycles. The third kappa shape index (κ3) is 3.06. The lowest BCUT2D eigenvalue weighted by Gasteiger charge is -2.09. The van der Waals surface area contributed by atoms with E-state index < -0.39 is 0 Å². The van der Waals surface area contributed by atoms with E-state index in [1.807, 2.05) is 60.8 Å². The predicted molar refractivity (Wildman–Crippen MR) is 134 cm³/mol. The van der Waals surface area contributed by atoms with Gasteiger partial charge in [0.05, 0.1) is 46.4 Å². The number of pyridine rings is 2. The van der Waals surface area contributed by atoms with Crippen LogP contribution in [0.3, 0.4) is 0 Å². The van der Waals surface area contributed by atoms with Gasteiger partial charge in [-0.1, -0.05) is 36.4 Å². The smallest absolute Gasteiger partial charge is 0.293 e. The summed E-state index contributed by atoms with van der Waals surface area (Å²) in [6.45, 7) is 0. The molecule has 0 bridgehead atoms. The third-order valence-electron chi connectivity index (χ3n) is 6.28.